The zero-order chi connectivity index (χ0) is 21.8. The minimum Gasteiger partial charge on any atom is -0.484 e. The van der Waals surface area contributed by atoms with Crippen LogP contribution >= 0.6 is 23.2 Å². The normalized spacial score (nSPS) is 14.6. The number of ether oxygens (including phenoxy) is 1. The van der Waals surface area contributed by atoms with Gasteiger partial charge >= 0.3 is 0 Å². The molecule has 0 aliphatic carbocycles. The molecule has 0 radical (unpaired) electrons. The number of carbonyl (C=O) groups is 1. The summed E-state index contributed by atoms with van der Waals surface area (Å²) in [7, 11) is 0. The molecule has 162 valence electrons. The highest BCUT2D eigenvalue weighted by Crippen LogP contribution is 2.25. The molecule has 8 heteroatoms. The molecule has 31 heavy (non-hydrogen) atoms. The van der Waals surface area contributed by atoms with Gasteiger partial charge in [0, 0.05) is 37.7 Å². The predicted octanol–water partition coefficient (Wildman–Crippen LogP) is 5.26. The highest BCUT2D eigenvalue weighted by Gasteiger charge is 2.24. The van der Waals surface area contributed by atoms with Crippen LogP contribution in [0.15, 0.2) is 59.0 Å². The van der Waals surface area contributed by atoms with Gasteiger partial charge in [0.25, 0.3) is 5.91 Å². The number of carbonyl (C=O) groups excluding carboxylic acids is 1. The highest BCUT2D eigenvalue weighted by molar-refractivity contribution is 6.32. The molecule has 0 N–H and O–H groups in total. The summed E-state index contributed by atoms with van der Waals surface area (Å²) >= 11 is 12.2. The third-order valence-electron chi connectivity index (χ3n) is 5.15. The Balaban J connectivity index is 1.29. The molecule has 1 aliphatic rings. The maximum absolute atomic E-state index is 13.2. The summed E-state index contributed by atoms with van der Waals surface area (Å²) in [6.45, 7) is 3.34. The van der Waals surface area contributed by atoms with E-state index in [1.165, 1.54) is 12.1 Å². The molecule has 1 aromatic heterocycles. The third kappa shape index (κ3) is 5.39. The van der Waals surface area contributed by atoms with Crippen LogP contribution < -0.4 is 4.74 Å². The lowest BCUT2D eigenvalue weighted by molar-refractivity contribution is 0.0594. The van der Waals surface area contributed by atoms with Gasteiger partial charge in [-0.15, -0.1) is 0 Å². The molecular weight excluding hydrogens is 442 g/mol. The van der Waals surface area contributed by atoms with Crippen LogP contribution in [0.4, 0.5) is 4.39 Å². The van der Waals surface area contributed by atoms with Crippen molar-refractivity contribution in [1.82, 2.24) is 9.80 Å². The van der Waals surface area contributed by atoms with E-state index in [0.29, 0.717) is 54.3 Å². The predicted molar refractivity (Wildman–Crippen MR) is 117 cm³/mol. The molecule has 4 rings (SSSR count). The molecule has 1 saturated heterocycles. The molecule has 1 aliphatic heterocycles. The van der Waals surface area contributed by atoms with Gasteiger partial charge < -0.3 is 14.1 Å². The van der Waals surface area contributed by atoms with Gasteiger partial charge in [0.2, 0.25) is 0 Å². The fourth-order valence-corrected chi connectivity index (χ4v) is 3.85. The molecule has 0 saturated carbocycles. The minimum atomic E-state index is -0.348. The molecule has 0 atom stereocenters. The second-order valence-electron chi connectivity index (χ2n) is 7.29. The van der Waals surface area contributed by atoms with Gasteiger partial charge in [0.15, 0.2) is 5.76 Å². The van der Waals surface area contributed by atoms with E-state index in [1.807, 2.05) is 12.1 Å². The summed E-state index contributed by atoms with van der Waals surface area (Å²) in [5, 5.41) is 0.936. The molecule has 2 aromatic carbocycles. The van der Waals surface area contributed by atoms with Gasteiger partial charge in [0.05, 0.1) is 5.02 Å². The van der Waals surface area contributed by atoms with E-state index in [2.05, 4.69) is 4.90 Å². The largest absolute Gasteiger partial charge is 0.484 e. The Bertz CT molecular complexity index is 1060. The zero-order valence-corrected chi connectivity index (χ0v) is 18.2. The van der Waals surface area contributed by atoms with E-state index in [-0.39, 0.29) is 24.1 Å². The summed E-state index contributed by atoms with van der Waals surface area (Å²) in [4.78, 5) is 16.7. The van der Waals surface area contributed by atoms with Crippen LogP contribution in [0, 0.1) is 5.82 Å². The van der Waals surface area contributed by atoms with Crippen molar-refractivity contribution in [3.63, 3.8) is 0 Å². The number of para-hydroxylation sites is 1. The van der Waals surface area contributed by atoms with E-state index in [4.69, 9.17) is 32.4 Å². The molecule has 1 fully saturated rings. The van der Waals surface area contributed by atoms with Gasteiger partial charge in [0.1, 0.15) is 23.9 Å². The molecule has 0 bridgehead atoms. The summed E-state index contributed by atoms with van der Waals surface area (Å²) in [6, 6.07) is 15.0. The maximum Gasteiger partial charge on any atom is 0.289 e. The minimum absolute atomic E-state index is 0.150. The Labute approximate surface area is 189 Å². The number of furan rings is 1. The summed E-state index contributed by atoms with van der Waals surface area (Å²) in [5.41, 5.74) is 0.872. The molecule has 1 amide bonds. The number of piperazine rings is 1. The van der Waals surface area contributed by atoms with Crippen LogP contribution in [0.1, 0.15) is 21.9 Å². The molecule has 5 nitrogen and oxygen atoms in total. The standard InChI is InChI=1S/C23H21Cl2FN2O3/c24-19-3-1-2-4-21(19)30-15-18-7-8-22(31-18)23(29)28-11-9-27(10-12-28)14-16-5-6-17(26)13-20(16)25/h1-8,13H,9-12,14-15H2. The number of rotatable bonds is 6. The SMILES string of the molecule is O=C(c1ccc(COc2ccccc2Cl)o1)N1CCN(Cc2ccc(F)cc2Cl)CC1. The van der Waals surface area contributed by atoms with E-state index in [0.717, 1.165) is 5.56 Å². The van der Waals surface area contributed by atoms with E-state index >= 15 is 0 Å². The van der Waals surface area contributed by atoms with Gasteiger partial charge in [-0.1, -0.05) is 41.4 Å². The molecule has 0 unspecified atom stereocenters. The number of hydrogen-bond donors (Lipinski definition) is 0. The maximum atomic E-state index is 13.2. The van der Waals surface area contributed by atoms with Crippen molar-refractivity contribution in [2.75, 3.05) is 26.2 Å². The van der Waals surface area contributed by atoms with Crippen LogP contribution in [-0.2, 0) is 13.2 Å². The van der Waals surface area contributed by atoms with Crippen molar-refractivity contribution in [3.8, 4) is 5.75 Å². The molecule has 3 aromatic rings. The fourth-order valence-electron chi connectivity index (χ4n) is 3.44. The van der Waals surface area contributed by atoms with Crippen LogP contribution in [0.25, 0.3) is 0 Å². The Hall–Kier alpha value is -2.54. The number of nitrogens with zero attached hydrogens (tertiary/aromatic N) is 2. The fraction of sp³-hybridized carbons (Fsp3) is 0.261. The Morgan fingerprint density at radius 3 is 2.52 bits per heavy atom. The quantitative estimate of drug-likeness (QED) is 0.500. The number of amides is 1. The first-order valence-corrected chi connectivity index (χ1v) is 10.7. The Kier molecular flexibility index (Phi) is 6.80. The monoisotopic (exact) mass is 462 g/mol. The first-order valence-electron chi connectivity index (χ1n) is 9.91. The lowest BCUT2D eigenvalue weighted by atomic mass is 10.2. The van der Waals surface area contributed by atoms with Gasteiger partial charge in [-0.05, 0) is 42.0 Å². The Morgan fingerprint density at radius 2 is 1.77 bits per heavy atom. The van der Waals surface area contributed by atoms with Crippen LogP contribution in [0.3, 0.4) is 0 Å². The van der Waals surface area contributed by atoms with Crippen LogP contribution in [0.2, 0.25) is 10.0 Å². The second kappa shape index (κ2) is 9.73. The first kappa shape index (κ1) is 21.7. The summed E-state index contributed by atoms with van der Waals surface area (Å²) in [5.74, 6) is 0.897. The average Bonchev–Trinajstić information content (AvgIpc) is 3.24. The number of halogens is 3. The van der Waals surface area contributed by atoms with Crippen molar-refractivity contribution < 1.29 is 18.3 Å². The second-order valence-corrected chi connectivity index (χ2v) is 8.10. The smallest absolute Gasteiger partial charge is 0.289 e. The van der Waals surface area contributed by atoms with Gasteiger partial charge in [-0.25, -0.2) is 4.39 Å². The highest BCUT2D eigenvalue weighted by atomic mass is 35.5. The van der Waals surface area contributed by atoms with Crippen molar-refractivity contribution in [1.29, 1.82) is 0 Å². The van der Waals surface area contributed by atoms with E-state index < -0.39 is 0 Å². The molecule has 2 heterocycles. The number of hydrogen-bond acceptors (Lipinski definition) is 4. The van der Waals surface area contributed by atoms with Crippen molar-refractivity contribution >= 4 is 29.1 Å². The van der Waals surface area contributed by atoms with E-state index in [1.54, 1.807) is 35.2 Å². The van der Waals surface area contributed by atoms with Crippen molar-refractivity contribution in [2.24, 2.45) is 0 Å². The van der Waals surface area contributed by atoms with Crippen LogP contribution in [0.5, 0.6) is 5.75 Å². The zero-order valence-electron chi connectivity index (χ0n) is 16.7. The average molecular weight is 463 g/mol. The number of benzene rings is 2. The Morgan fingerprint density at radius 1 is 1.00 bits per heavy atom. The first-order chi connectivity index (χ1) is 15.0. The topological polar surface area (TPSA) is 45.9 Å². The summed E-state index contributed by atoms with van der Waals surface area (Å²) < 4.78 is 24.6. The molecule has 0 spiro atoms. The van der Waals surface area contributed by atoms with Gasteiger partial charge in [-0.2, -0.15) is 0 Å². The lowest BCUT2D eigenvalue weighted by Gasteiger charge is -2.34. The molecular formula is C23H21Cl2FN2O3. The summed E-state index contributed by atoms with van der Waals surface area (Å²) in [6.07, 6.45) is 0. The lowest BCUT2D eigenvalue weighted by Crippen LogP contribution is -2.48. The van der Waals surface area contributed by atoms with Crippen molar-refractivity contribution in [2.45, 2.75) is 13.2 Å². The van der Waals surface area contributed by atoms with Crippen LogP contribution in [-0.4, -0.2) is 41.9 Å². The van der Waals surface area contributed by atoms with Crippen molar-refractivity contribution in [3.05, 3.63) is 87.5 Å². The van der Waals surface area contributed by atoms with Gasteiger partial charge in [-0.3, -0.25) is 9.69 Å². The van der Waals surface area contributed by atoms with E-state index in [9.17, 15) is 9.18 Å². The third-order valence-corrected chi connectivity index (χ3v) is 5.81.